The molecule has 1 fully saturated rings. The molecule has 78 valence electrons. The quantitative estimate of drug-likeness (QED) is 0.717. The van der Waals surface area contributed by atoms with Crippen molar-refractivity contribution in [3.05, 3.63) is 17.0 Å². The molecule has 2 rings (SSSR count). The van der Waals surface area contributed by atoms with E-state index < -0.39 is 0 Å². The molecule has 2 heterocycles. The highest BCUT2D eigenvalue weighted by molar-refractivity contribution is 9.10. The van der Waals surface area contributed by atoms with Gasteiger partial charge >= 0.3 is 0 Å². The van der Waals surface area contributed by atoms with Crippen molar-refractivity contribution in [1.82, 2.24) is 9.97 Å². The van der Waals surface area contributed by atoms with E-state index in [1.807, 2.05) is 0 Å². The first-order valence-electron chi connectivity index (χ1n) is 4.09. The van der Waals surface area contributed by atoms with Crippen LogP contribution < -0.4 is 4.90 Å². The van der Waals surface area contributed by atoms with Crippen LogP contribution in [0.2, 0.25) is 0 Å². The summed E-state index contributed by atoms with van der Waals surface area (Å²) in [7, 11) is 0. The maximum absolute atomic E-state index is 11.5. The number of carbonyl (C=O) groups excluding carboxylic acids is 2. The third-order valence-electron chi connectivity index (χ3n) is 1.79. The fourth-order valence-corrected chi connectivity index (χ4v) is 2.08. The smallest absolute Gasteiger partial charge is 0.245 e. The van der Waals surface area contributed by atoms with E-state index in [0.29, 0.717) is 16.1 Å². The number of hydrogen-bond acceptors (Lipinski definition) is 5. The summed E-state index contributed by atoms with van der Waals surface area (Å²) in [5.74, 6) is 0.418. The Balaban J connectivity index is 2.31. The zero-order chi connectivity index (χ0) is 10.8. The number of hydrogen-bond donors (Lipinski definition) is 0. The monoisotopic (exact) mass is 287 g/mol. The lowest BCUT2D eigenvalue weighted by atomic mass is 10.4. The van der Waals surface area contributed by atoms with Gasteiger partial charge in [-0.15, -0.1) is 11.8 Å². The molecule has 0 unspecified atom stereocenters. The van der Waals surface area contributed by atoms with Crippen molar-refractivity contribution in [3.63, 3.8) is 0 Å². The Kier molecular flexibility index (Phi) is 3.01. The van der Waals surface area contributed by atoms with Gasteiger partial charge in [-0.1, -0.05) is 0 Å². The van der Waals surface area contributed by atoms with Crippen molar-refractivity contribution < 1.29 is 9.59 Å². The Hall–Kier alpha value is -0.950. The molecular formula is C8H6BrN3O2S. The summed E-state index contributed by atoms with van der Waals surface area (Å²) in [5, 5.41) is 0. The molecule has 1 aromatic heterocycles. The van der Waals surface area contributed by atoms with Crippen LogP contribution >= 0.6 is 27.7 Å². The molecule has 15 heavy (non-hydrogen) atoms. The minimum absolute atomic E-state index is 0.243. The molecule has 0 radical (unpaired) electrons. The van der Waals surface area contributed by atoms with Crippen LogP contribution in [0.25, 0.3) is 0 Å². The molecule has 0 N–H and O–H groups in total. The van der Waals surface area contributed by atoms with Crippen LogP contribution in [0.5, 0.6) is 0 Å². The van der Waals surface area contributed by atoms with E-state index in [9.17, 15) is 9.59 Å². The lowest BCUT2D eigenvalue weighted by Gasteiger charge is -2.22. The summed E-state index contributed by atoms with van der Waals surface area (Å²) in [6.07, 6.45) is 2.85. The first-order valence-corrected chi connectivity index (χ1v) is 6.04. The number of rotatable bonds is 1. The highest BCUT2D eigenvalue weighted by Crippen LogP contribution is 2.19. The van der Waals surface area contributed by atoms with E-state index in [0.717, 1.165) is 4.90 Å². The summed E-state index contributed by atoms with van der Waals surface area (Å²) in [4.78, 5) is 32.0. The number of nitrogens with zero attached hydrogens (tertiary/aromatic N) is 3. The molecule has 1 aromatic rings. The average molecular weight is 288 g/mol. The van der Waals surface area contributed by atoms with Gasteiger partial charge in [0.05, 0.1) is 23.9 Å². The van der Waals surface area contributed by atoms with Crippen molar-refractivity contribution in [2.45, 2.75) is 0 Å². The Labute approximate surface area is 98.4 Å². The van der Waals surface area contributed by atoms with Gasteiger partial charge in [-0.2, -0.15) is 0 Å². The lowest BCUT2D eigenvalue weighted by molar-refractivity contribution is -0.124. The summed E-state index contributed by atoms with van der Waals surface area (Å²) < 4.78 is 0.567. The minimum atomic E-state index is -0.243. The minimum Gasteiger partial charge on any atom is -0.273 e. The molecule has 7 heteroatoms. The fraction of sp³-hybridized carbons (Fsp3) is 0.250. The largest absolute Gasteiger partial charge is 0.273 e. The van der Waals surface area contributed by atoms with Crippen LogP contribution in [-0.4, -0.2) is 33.3 Å². The van der Waals surface area contributed by atoms with Gasteiger partial charge in [0.2, 0.25) is 11.8 Å². The van der Waals surface area contributed by atoms with Gasteiger partial charge in [0.25, 0.3) is 0 Å². The van der Waals surface area contributed by atoms with Gasteiger partial charge in [-0.3, -0.25) is 9.59 Å². The molecule has 5 nitrogen and oxygen atoms in total. The number of aromatic nitrogens is 2. The van der Waals surface area contributed by atoms with E-state index in [1.54, 1.807) is 0 Å². The number of thioether (sulfide) groups is 1. The second kappa shape index (κ2) is 4.28. The topological polar surface area (TPSA) is 63.2 Å². The van der Waals surface area contributed by atoms with Crippen LogP contribution in [0, 0.1) is 0 Å². The molecule has 1 saturated heterocycles. The van der Waals surface area contributed by atoms with E-state index >= 15 is 0 Å². The number of anilines is 1. The molecule has 1 aliphatic rings. The number of imide groups is 1. The zero-order valence-corrected chi connectivity index (χ0v) is 9.92. The second-order valence-corrected chi connectivity index (χ2v) is 4.61. The predicted octanol–water partition coefficient (Wildman–Crippen LogP) is 0.845. The molecule has 2 amide bonds. The van der Waals surface area contributed by atoms with Crippen molar-refractivity contribution in [2.24, 2.45) is 0 Å². The molecular weight excluding hydrogens is 282 g/mol. The van der Waals surface area contributed by atoms with Crippen LogP contribution in [-0.2, 0) is 9.59 Å². The normalized spacial score (nSPS) is 17.0. The highest BCUT2D eigenvalue weighted by Gasteiger charge is 2.28. The summed E-state index contributed by atoms with van der Waals surface area (Å²) in [5.41, 5.74) is 0. The summed E-state index contributed by atoms with van der Waals surface area (Å²) in [6, 6.07) is 0. The van der Waals surface area contributed by atoms with E-state index in [2.05, 4.69) is 25.9 Å². The van der Waals surface area contributed by atoms with Gasteiger partial charge in [0.1, 0.15) is 4.60 Å². The predicted molar refractivity (Wildman–Crippen MR) is 59.6 cm³/mol. The van der Waals surface area contributed by atoms with Crippen LogP contribution in [0.4, 0.5) is 5.82 Å². The maximum atomic E-state index is 11.5. The van der Waals surface area contributed by atoms with Crippen LogP contribution in [0.3, 0.4) is 0 Å². The Morgan fingerprint density at radius 1 is 1.20 bits per heavy atom. The SMILES string of the molecule is O=C1CSCC(=O)N1c1cnc(Br)cn1. The molecule has 0 atom stereocenters. The summed E-state index contributed by atoms with van der Waals surface area (Å²) >= 11 is 4.45. The highest BCUT2D eigenvalue weighted by atomic mass is 79.9. The maximum Gasteiger partial charge on any atom is 0.245 e. The molecule has 0 aliphatic carbocycles. The van der Waals surface area contributed by atoms with Crippen molar-refractivity contribution in [1.29, 1.82) is 0 Å². The Morgan fingerprint density at radius 2 is 1.87 bits per heavy atom. The molecule has 0 aromatic carbocycles. The van der Waals surface area contributed by atoms with Gasteiger partial charge in [-0.05, 0) is 15.9 Å². The summed E-state index contributed by atoms with van der Waals surface area (Å²) in [6.45, 7) is 0. The number of amides is 2. The van der Waals surface area contributed by atoms with Crippen molar-refractivity contribution in [3.8, 4) is 0 Å². The van der Waals surface area contributed by atoms with Gasteiger partial charge in [0.15, 0.2) is 5.82 Å². The first kappa shape index (κ1) is 10.6. The van der Waals surface area contributed by atoms with E-state index in [4.69, 9.17) is 0 Å². The third kappa shape index (κ3) is 2.18. The standard InChI is InChI=1S/C8H6BrN3O2S/c9-5-1-11-6(2-10-5)12-7(13)3-15-4-8(12)14/h1-2H,3-4H2. The Morgan fingerprint density at radius 3 is 2.40 bits per heavy atom. The number of halogens is 1. The molecule has 0 saturated carbocycles. The number of carbonyl (C=O) groups is 2. The average Bonchev–Trinajstić information content (AvgIpc) is 2.20. The molecule has 0 bridgehead atoms. The van der Waals surface area contributed by atoms with Gasteiger partial charge in [0, 0.05) is 0 Å². The van der Waals surface area contributed by atoms with Gasteiger partial charge in [-0.25, -0.2) is 14.9 Å². The van der Waals surface area contributed by atoms with Gasteiger partial charge < -0.3 is 0 Å². The zero-order valence-electron chi connectivity index (χ0n) is 7.51. The van der Waals surface area contributed by atoms with E-state index in [-0.39, 0.29) is 17.6 Å². The second-order valence-electron chi connectivity index (χ2n) is 2.81. The van der Waals surface area contributed by atoms with E-state index in [1.165, 1.54) is 24.2 Å². The third-order valence-corrected chi connectivity index (χ3v) is 3.10. The van der Waals surface area contributed by atoms with Crippen LogP contribution in [0.15, 0.2) is 17.0 Å². The van der Waals surface area contributed by atoms with Crippen molar-refractivity contribution in [2.75, 3.05) is 16.4 Å². The first-order chi connectivity index (χ1) is 7.18. The van der Waals surface area contributed by atoms with Crippen LogP contribution in [0.1, 0.15) is 0 Å². The van der Waals surface area contributed by atoms with Crippen molar-refractivity contribution >= 4 is 45.3 Å². The lowest BCUT2D eigenvalue weighted by Crippen LogP contribution is -2.43. The molecule has 0 spiro atoms. The Bertz CT molecular complexity index is 393. The fourth-order valence-electron chi connectivity index (χ4n) is 1.17. The molecule has 1 aliphatic heterocycles.